The minimum Gasteiger partial charge on any atom is -0.466 e. The third-order valence-electron chi connectivity index (χ3n) is 4.51. The zero-order chi connectivity index (χ0) is 10.4. The average Bonchev–Trinajstić information content (AvgIpc) is 2.80. The van der Waals surface area contributed by atoms with Gasteiger partial charge >= 0.3 is 5.97 Å². The van der Waals surface area contributed by atoms with Crippen molar-refractivity contribution in [3.05, 3.63) is 0 Å². The van der Waals surface area contributed by atoms with Crippen LogP contribution in [-0.4, -0.2) is 25.7 Å². The van der Waals surface area contributed by atoms with Crippen LogP contribution >= 0.6 is 0 Å². The zero-order valence-electron chi connectivity index (χ0n) is 9.24. The largest absolute Gasteiger partial charge is 0.466 e. The predicted molar refractivity (Wildman–Crippen MR) is 56.2 cm³/mol. The number of carbonyl (C=O) groups is 1. The second-order valence-corrected chi connectivity index (χ2v) is 5.24. The summed E-state index contributed by atoms with van der Waals surface area (Å²) < 4.78 is 5.04. The summed E-state index contributed by atoms with van der Waals surface area (Å²) in [6, 6.07) is 0. The number of nitrogens with one attached hydrogen (secondary N) is 1. The minimum absolute atomic E-state index is 0.0149. The number of hydrogen-bond acceptors (Lipinski definition) is 3. The lowest BCUT2D eigenvalue weighted by Crippen LogP contribution is -2.33. The van der Waals surface area contributed by atoms with Gasteiger partial charge in [0.2, 0.25) is 0 Å². The summed E-state index contributed by atoms with van der Waals surface area (Å²) in [5.41, 5.74) is 0. The number of hydrogen-bond donors (Lipinski definition) is 1. The highest BCUT2D eigenvalue weighted by atomic mass is 16.5. The van der Waals surface area contributed by atoms with Gasteiger partial charge < -0.3 is 10.1 Å². The average molecular weight is 209 g/mol. The van der Waals surface area contributed by atoms with E-state index in [2.05, 4.69) is 5.32 Å². The monoisotopic (exact) mass is 209 g/mol. The van der Waals surface area contributed by atoms with Gasteiger partial charge in [-0.2, -0.15) is 0 Å². The minimum atomic E-state index is 0.0149. The fraction of sp³-hybridized carbons (Fsp3) is 0.917. The number of carbonyl (C=O) groups excluding carboxylic acids is 1. The number of ether oxygens (including phenoxy) is 1. The Kier molecular flexibility index (Phi) is 2.23. The molecule has 0 aromatic carbocycles. The van der Waals surface area contributed by atoms with E-state index in [9.17, 15) is 4.79 Å². The van der Waals surface area contributed by atoms with E-state index in [4.69, 9.17) is 4.74 Å². The first-order valence-corrected chi connectivity index (χ1v) is 6.17. The summed E-state index contributed by atoms with van der Waals surface area (Å²) in [5.74, 6) is 4.18. The topological polar surface area (TPSA) is 38.3 Å². The normalized spacial score (nSPS) is 46.1. The number of piperidine rings is 1. The molecular formula is C12H19NO2. The van der Waals surface area contributed by atoms with Crippen molar-refractivity contribution in [3.63, 3.8) is 0 Å². The van der Waals surface area contributed by atoms with Gasteiger partial charge in [0.1, 0.15) is 0 Å². The van der Waals surface area contributed by atoms with Gasteiger partial charge in [-0.15, -0.1) is 0 Å². The smallest absolute Gasteiger partial charge is 0.306 e. The third kappa shape index (κ3) is 1.48. The predicted octanol–water partition coefficient (Wildman–Crippen LogP) is 1.04. The molecule has 1 saturated heterocycles. The van der Waals surface area contributed by atoms with Gasteiger partial charge in [0.15, 0.2) is 0 Å². The Hall–Kier alpha value is -0.570. The van der Waals surface area contributed by atoms with Crippen molar-refractivity contribution in [3.8, 4) is 0 Å². The molecular weight excluding hydrogens is 190 g/mol. The zero-order valence-corrected chi connectivity index (χ0v) is 9.24. The maximum Gasteiger partial charge on any atom is 0.306 e. The van der Waals surface area contributed by atoms with Crippen molar-refractivity contribution >= 4 is 5.97 Å². The van der Waals surface area contributed by atoms with Crippen molar-refractivity contribution in [1.29, 1.82) is 0 Å². The van der Waals surface area contributed by atoms with E-state index in [0.29, 0.717) is 18.9 Å². The molecule has 0 bridgehead atoms. The highest BCUT2D eigenvalue weighted by Gasteiger charge is 2.63. The van der Waals surface area contributed by atoms with Crippen LogP contribution in [0.4, 0.5) is 0 Å². The Morgan fingerprint density at radius 3 is 2.93 bits per heavy atom. The van der Waals surface area contributed by atoms with Crippen molar-refractivity contribution in [2.45, 2.75) is 19.8 Å². The molecule has 1 heterocycles. The molecule has 3 nitrogen and oxygen atoms in total. The second kappa shape index (κ2) is 3.48. The van der Waals surface area contributed by atoms with E-state index >= 15 is 0 Å². The SMILES string of the molecule is CCOC(=O)CC1CC2CNCC3C2C13. The molecule has 15 heavy (non-hydrogen) atoms. The Balaban J connectivity index is 1.59. The van der Waals surface area contributed by atoms with Crippen LogP contribution in [0.25, 0.3) is 0 Å². The lowest BCUT2D eigenvalue weighted by atomic mass is 9.89. The van der Waals surface area contributed by atoms with E-state index in [0.717, 1.165) is 23.7 Å². The quantitative estimate of drug-likeness (QED) is 0.706. The molecule has 2 saturated carbocycles. The summed E-state index contributed by atoms with van der Waals surface area (Å²) in [7, 11) is 0. The Labute approximate surface area is 90.6 Å². The van der Waals surface area contributed by atoms with E-state index in [1.807, 2.05) is 6.92 Å². The van der Waals surface area contributed by atoms with Crippen LogP contribution in [0.5, 0.6) is 0 Å². The number of fused-ring (bicyclic) bond motifs is 1. The van der Waals surface area contributed by atoms with Gasteiger partial charge in [0.05, 0.1) is 6.61 Å². The Morgan fingerprint density at radius 1 is 1.40 bits per heavy atom. The lowest BCUT2D eigenvalue weighted by molar-refractivity contribution is -0.144. The second-order valence-electron chi connectivity index (χ2n) is 5.24. The Bertz CT molecular complexity index is 279. The standard InChI is InChI=1S/C12H19NO2/c1-2-15-10(14)4-7-3-8-5-13-6-9-11(7)12(8)9/h7-9,11-13H,2-6H2,1H3. The van der Waals surface area contributed by atoms with Gasteiger partial charge in [-0.05, 0) is 56.0 Å². The van der Waals surface area contributed by atoms with Crippen molar-refractivity contribution in [2.24, 2.45) is 29.6 Å². The molecule has 3 heteroatoms. The molecule has 0 aromatic heterocycles. The van der Waals surface area contributed by atoms with Gasteiger partial charge in [0.25, 0.3) is 0 Å². The maximum atomic E-state index is 11.4. The number of rotatable bonds is 3. The lowest BCUT2D eigenvalue weighted by Gasteiger charge is -2.24. The molecule has 0 amide bonds. The molecule has 0 spiro atoms. The summed E-state index contributed by atoms with van der Waals surface area (Å²) >= 11 is 0. The van der Waals surface area contributed by atoms with Crippen molar-refractivity contribution in [2.75, 3.05) is 19.7 Å². The molecule has 84 valence electrons. The Morgan fingerprint density at radius 2 is 2.27 bits per heavy atom. The molecule has 1 aliphatic heterocycles. The van der Waals surface area contributed by atoms with Gasteiger partial charge in [0, 0.05) is 6.42 Å². The molecule has 3 rings (SSSR count). The van der Waals surface area contributed by atoms with Crippen LogP contribution < -0.4 is 5.32 Å². The highest BCUT2D eigenvalue weighted by molar-refractivity contribution is 5.69. The fourth-order valence-electron chi connectivity index (χ4n) is 4.04. The summed E-state index contributed by atoms with van der Waals surface area (Å²) in [4.78, 5) is 11.4. The van der Waals surface area contributed by atoms with Crippen molar-refractivity contribution in [1.82, 2.24) is 5.32 Å². The maximum absolute atomic E-state index is 11.4. The first-order valence-electron chi connectivity index (χ1n) is 6.17. The highest BCUT2D eigenvalue weighted by Crippen LogP contribution is 2.64. The van der Waals surface area contributed by atoms with E-state index < -0.39 is 0 Å². The van der Waals surface area contributed by atoms with Gasteiger partial charge in [-0.25, -0.2) is 0 Å². The first-order chi connectivity index (χ1) is 7.31. The van der Waals surface area contributed by atoms with Crippen molar-refractivity contribution < 1.29 is 9.53 Å². The molecule has 3 fully saturated rings. The molecule has 3 aliphatic rings. The van der Waals surface area contributed by atoms with Gasteiger partial charge in [-0.3, -0.25) is 4.79 Å². The third-order valence-corrected chi connectivity index (χ3v) is 4.51. The first kappa shape index (κ1) is 9.64. The van der Waals surface area contributed by atoms with Crippen LogP contribution in [-0.2, 0) is 9.53 Å². The molecule has 0 radical (unpaired) electrons. The summed E-state index contributed by atoms with van der Waals surface area (Å²) in [5, 5.41) is 3.49. The number of esters is 1. The molecule has 2 aliphatic carbocycles. The fourth-order valence-corrected chi connectivity index (χ4v) is 4.04. The molecule has 1 N–H and O–H groups in total. The van der Waals surface area contributed by atoms with E-state index in [1.54, 1.807) is 0 Å². The van der Waals surface area contributed by atoms with E-state index in [-0.39, 0.29) is 5.97 Å². The van der Waals surface area contributed by atoms with Crippen LogP contribution in [0.2, 0.25) is 0 Å². The molecule has 0 aromatic rings. The van der Waals surface area contributed by atoms with Gasteiger partial charge in [-0.1, -0.05) is 0 Å². The van der Waals surface area contributed by atoms with Crippen LogP contribution in [0.1, 0.15) is 19.8 Å². The van der Waals surface area contributed by atoms with Crippen LogP contribution in [0, 0.1) is 29.6 Å². The molecule has 5 unspecified atom stereocenters. The van der Waals surface area contributed by atoms with E-state index in [1.165, 1.54) is 19.5 Å². The van der Waals surface area contributed by atoms with Crippen LogP contribution in [0.15, 0.2) is 0 Å². The van der Waals surface area contributed by atoms with Crippen LogP contribution in [0.3, 0.4) is 0 Å². The summed E-state index contributed by atoms with van der Waals surface area (Å²) in [6.45, 7) is 4.77. The molecule has 5 atom stereocenters. The summed E-state index contributed by atoms with van der Waals surface area (Å²) in [6.07, 6.45) is 1.92.